The molecule has 1 heterocycles. The molecule has 3 aromatic rings. The molecule has 0 saturated carbocycles. The lowest BCUT2D eigenvalue weighted by Gasteiger charge is -2.25. The Morgan fingerprint density at radius 1 is 1.03 bits per heavy atom. The van der Waals surface area contributed by atoms with Gasteiger partial charge >= 0.3 is 0 Å². The zero-order valence-electron chi connectivity index (χ0n) is 16.2. The first-order chi connectivity index (χ1) is 14.1. The van der Waals surface area contributed by atoms with E-state index in [1.165, 1.54) is 11.6 Å². The van der Waals surface area contributed by atoms with Gasteiger partial charge in [0.05, 0.1) is 11.8 Å². The molecule has 1 N–H and O–H groups in total. The summed E-state index contributed by atoms with van der Waals surface area (Å²) in [5.74, 6) is -0.265. The number of nitrogens with zero attached hydrogens (tertiary/aromatic N) is 2. The van der Waals surface area contributed by atoms with Crippen LogP contribution in [0.1, 0.15) is 34.7 Å². The maximum Gasteiger partial charge on any atom is 0.190 e. The number of halogens is 1. The van der Waals surface area contributed by atoms with Crippen LogP contribution in [-0.2, 0) is 6.54 Å². The second-order valence-electron chi connectivity index (χ2n) is 7.15. The van der Waals surface area contributed by atoms with Crippen LogP contribution in [0, 0.1) is 12.7 Å². The van der Waals surface area contributed by atoms with Crippen molar-refractivity contribution >= 4 is 23.0 Å². The standard InChI is InChI=1S/C24H22FN3S/c1-17-11-13-19(14-12-17)23-15-22(20-9-5-6-10-21(20)25)27-28(23)24(29)26-16-18-7-3-2-4-8-18/h2-14,23H,15-16H2,1H3,(H,26,29)/t23-/m1/s1. The fourth-order valence-corrected chi connectivity index (χ4v) is 3.70. The smallest absolute Gasteiger partial charge is 0.190 e. The van der Waals surface area contributed by atoms with Gasteiger partial charge in [-0.2, -0.15) is 5.10 Å². The van der Waals surface area contributed by atoms with Gasteiger partial charge < -0.3 is 5.32 Å². The van der Waals surface area contributed by atoms with Crippen molar-refractivity contribution in [1.29, 1.82) is 0 Å². The fourth-order valence-electron chi connectivity index (χ4n) is 3.46. The highest BCUT2D eigenvalue weighted by Gasteiger charge is 2.32. The van der Waals surface area contributed by atoms with E-state index in [4.69, 9.17) is 17.3 Å². The van der Waals surface area contributed by atoms with Gasteiger partial charge in [-0.15, -0.1) is 0 Å². The molecule has 0 amide bonds. The molecule has 0 unspecified atom stereocenters. The second-order valence-corrected chi connectivity index (χ2v) is 7.53. The molecule has 1 aliphatic heterocycles. The van der Waals surface area contributed by atoms with Crippen LogP contribution in [0.2, 0.25) is 0 Å². The molecule has 0 aliphatic carbocycles. The van der Waals surface area contributed by atoms with Crippen LogP contribution >= 0.6 is 12.2 Å². The molecular weight excluding hydrogens is 381 g/mol. The Morgan fingerprint density at radius 2 is 1.72 bits per heavy atom. The van der Waals surface area contributed by atoms with Crippen LogP contribution in [0.25, 0.3) is 0 Å². The first-order valence-corrected chi connectivity index (χ1v) is 10.0. The number of hydrogen-bond acceptors (Lipinski definition) is 2. The molecule has 1 aliphatic rings. The molecule has 0 fully saturated rings. The summed E-state index contributed by atoms with van der Waals surface area (Å²) >= 11 is 5.67. The van der Waals surface area contributed by atoms with E-state index in [0.717, 1.165) is 11.1 Å². The third kappa shape index (κ3) is 4.35. The second kappa shape index (κ2) is 8.53. The normalized spacial score (nSPS) is 15.9. The van der Waals surface area contributed by atoms with Gasteiger partial charge in [-0.25, -0.2) is 9.40 Å². The Balaban J connectivity index is 1.61. The van der Waals surface area contributed by atoms with Gasteiger partial charge in [0.1, 0.15) is 5.82 Å². The summed E-state index contributed by atoms with van der Waals surface area (Å²) in [5.41, 5.74) is 4.67. The van der Waals surface area contributed by atoms with Gasteiger partial charge in [0, 0.05) is 18.5 Å². The summed E-state index contributed by atoms with van der Waals surface area (Å²) in [4.78, 5) is 0. The number of thiocarbonyl (C=S) groups is 1. The third-order valence-electron chi connectivity index (χ3n) is 5.05. The topological polar surface area (TPSA) is 27.6 Å². The zero-order valence-corrected chi connectivity index (χ0v) is 17.0. The number of nitrogens with one attached hydrogen (secondary N) is 1. The van der Waals surface area contributed by atoms with E-state index in [9.17, 15) is 4.39 Å². The maximum absolute atomic E-state index is 14.4. The summed E-state index contributed by atoms with van der Waals surface area (Å²) in [5, 5.41) is 10.4. The lowest BCUT2D eigenvalue weighted by molar-refractivity contribution is 0.364. The summed E-state index contributed by atoms with van der Waals surface area (Å²) in [7, 11) is 0. The molecule has 29 heavy (non-hydrogen) atoms. The quantitative estimate of drug-likeness (QED) is 0.594. The highest BCUT2D eigenvalue weighted by molar-refractivity contribution is 7.80. The fraction of sp³-hybridized carbons (Fsp3) is 0.167. The molecule has 0 saturated heterocycles. The van der Waals surface area contributed by atoms with Crippen molar-refractivity contribution in [3.8, 4) is 0 Å². The molecule has 0 radical (unpaired) electrons. The summed E-state index contributed by atoms with van der Waals surface area (Å²) in [6, 6.07) is 25.1. The minimum atomic E-state index is -0.265. The van der Waals surface area contributed by atoms with Gasteiger partial charge in [-0.3, -0.25) is 0 Å². The average molecular weight is 404 g/mol. The van der Waals surface area contributed by atoms with Crippen molar-refractivity contribution < 1.29 is 4.39 Å². The molecule has 3 nitrogen and oxygen atoms in total. The number of benzene rings is 3. The predicted octanol–water partition coefficient (Wildman–Crippen LogP) is 5.36. The summed E-state index contributed by atoms with van der Waals surface area (Å²) in [6.45, 7) is 2.67. The van der Waals surface area contributed by atoms with Crippen molar-refractivity contribution in [3.05, 3.63) is 107 Å². The third-order valence-corrected chi connectivity index (χ3v) is 5.38. The summed E-state index contributed by atoms with van der Waals surface area (Å²) < 4.78 is 14.4. The van der Waals surface area contributed by atoms with E-state index in [-0.39, 0.29) is 11.9 Å². The first kappa shape index (κ1) is 19.3. The molecule has 146 valence electrons. The number of hydrazone groups is 1. The lowest BCUT2D eigenvalue weighted by atomic mass is 9.97. The van der Waals surface area contributed by atoms with E-state index >= 15 is 0 Å². The van der Waals surface area contributed by atoms with Crippen LogP contribution in [0.3, 0.4) is 0 Å². The van der Waals surface area contributed by atoms with Crippen molar-refractivity contribution in [3.63, 3.8) is 0 Å². The van der Waals surface area contributed by atoms with Crippen LogP contribution < -0.4 is 5.32 Å². The first-order valence-electron chi connectivity index (χ1n) is 9.62. The Labute approximate surface area is 175 Å². The van der Waals surface area contributed by atoms with Crippen LogP contribution in [-0.4, -0.2) is 15.8 Å². The van der Waals surface area contributed by atoms with Crippen molar-refractivity contribution in [2.24, 2.45) is 5.10 Å². The molecule has 0 spiro atoms. The van der Waals surface area contributed by atoms with Gasteiger partial charge in [0.2, 0.25) is 0 Å². The van der Waals surface area contributed by atoms with E-state index in [1.807, 2.05) is 41.4 Å². The molecule has 0 aromatic heterocycles. The van der Waals surface area contributed by atoms with Gasteiger partial charge in [0.25, 0.3) is 0 Å². The Kier molecular flexibility index (Phi) is 5.67. The van der Waals surface area contributed by atoms with Crippen LogP contribution in [0.4, 0.5) is 4.39 Å². The van der Waals surface area contributed by atoms with Gasteiger partial charge in [-0.1, -0.05) is 78.4 Å². The van der Waals surface area contributed by atoms with Crippen LogP contribution in [0.15, 0.2) is 84.0 Å². The minimum Gasteiger partial charge on any atom is -0.357 e. The summed E-state index contributed by atoms with van der Waals surface area (Å²) in [6.07, 6.45) is 0.594. The van der Waals surface area contributed by atoms with E-state index in [1.54, 1.807) is 12.1 Å². The largest absolute Gasteiger partial charge is 0.357 e. The van der Waals surface area contributed by atoms with Crippen LogP contribution in [0.5, 0.6) is 0 Å². The Morgan fingerprint density at radius 3 is 2.45 bits per heavy atom. The van der Waals surface area contributed by atoms with Gasteiger partial charge in [0.15, 0.2) is 5.11 Å². The number of hydrogen-bond donors (Lipinski definition) is 1. The monoisotopic (exact) mass is 403 g/mol. The lowest BCUT2D eigenvalue weighted by Crippen LogP contribution is -2.36. The van der Waals surface area contributed by atoms with E-state index in [0.29, 0.717) is 29.4 Å². The minimum absolute atomic E-state index is 0.0685. The van der Waals surface area contributed by atoms with Crippen molar-refractivity contribution in [2.45, 2.75) is 25.9 Å². The maximum atomic E-state index is 14.4. The van der Waals surface area contributed by atoms with Gasteiger partial charge in [-0.05, 0) is 36.3 Å². The van der Waals surface area contributed by atoms with Crippen molar-refractivity contribution in [1.82, 2.24) is 10.3 Å². The molecule has 4 rings (SSSR count). The number of rotatable bonds is 4. The van der Waals surface area contributed by atoms with E-state index < -0.39 is 0 Å². The highest BCUT2D eigenvalue weighted by Crippen LogP contribution is 2.33. The SMILES string of the molecule is Cc1ccc([C@H]2CC(c3ccccc3F)=NN2C(=S)NCc2ccccc2)cc1. The average Bonchev–Trinajstić information content (AvgIpc) is 3.19. The molecule has 5 heteroatoms. The molecular formula is C24H22FN3S. The Hall–Kier alpha value is -3.05. The highest BCUT2D eigenvalue weighted by atomic mass is 32.1. The predicted molar refractivity (Wildman–Crippen MR) is 119 cm³/mol. The Bertz CT molecular complexity index is 1030. The number of aryl methyl sites for hydroxylation is 1. The van der Waals surface area contributed by atoms with E-state index in [2.05, 4.69) is 36.5 Å². The molecule has 1 atom stereocenters. The van der Waals surface area contributed by atoms with Crippen molar-refractivity contribution in [2.75, 3.05) is 0 Å². The molecule has 3 aromatic carbocycles. The zero-order chi connectivity index (χ0) is 20.2. The molecule has 0 bridgehead atoms.